The van der Waals surface area contributed by atoms with Crippen LogP contribution in [0.4, 0.5) is 15.0 Å². The molecule has 30 heavy (non-hydrogen) atoms. The van der Waals surface area contributed by atoms with E-state index in [-0.39, 0.29) is 23.8 Å². The first-order valence-corrected chi connectivity index (χ1v) is 9.68. The number of rotatable bonds is 3. The number of amides is 1. The quantitative estimate of drug-likeness (QED) is 0.607. The molecule has 1 unspecified atom stereocenters. The van der Waals surface area contributed by atoms with Crippen LogP contribution in [0.2, 0.25) is 0 Å². The predicted octanol–water partition coefficient (Wildman–Crippen LogP) is 2.87. The van der Waals surface area contributed by atoms with Gasteiger partial charge in [-0.15, -0.1) is 0 Å². The van der Waals surface area contributed by atoms with E-state index in [1.807, 2.05) is 20.8 Å². The highest BCUT2D eigenvalue weighted by atomic mass is 19.1. The first-order chi connectivity index (χ1) is 14.2. The predicted molar refractivity (Wildman–Crippen MR) is 110 cm³/mol. The molecule has 1 atom stereocenters. The largest absolute Gasteiger partial charge is 0.444 e. The fraction of sp³-hybridized carbons (Fsp3) is 0.400. The standard InChI is InChI=1S/C20H23FN6O3/c1-20(2,3)30-19(29)27-7-6-13(10-27)22-16-14-9-12(21)5-4-11(14)8-15(23-16)17-24-18(28)26-25-17/h4-5,8-9,13H,6-7,10H2,1-3H3,(H,22,23)(H2,24,25,26,28). The van der Waals surface area contributed by atoms with E-state index in [0.717, 1.165) is 5.39 Å². The number of fused-ring (bicyclic) bond motifs is 1. The van der Waals surface area contributed by atoms with Gasteiger partial charge in [0.25, 0.3) is 0 Å². The van der Waals surface area contributed by atoms with Crippen LogP contribution in [0.15, 0.2) is 29.1 Å². The van der Waals surface area contributed by atoms with Crippen LogP contribution in [0, 0.1) is 5.82 Å². The van der Waals surface area contributed by atoms with E-state index in [1.54, 1.807) is 17.0 Å². The summed E-state index contributed by atoms with van der Waals surface area (Å²) < 4.78 is 19.3. The zero-order valence-electron chi connectivity index (χ0n) is 17.0. The number of benzene rings is 1. The van der Waals surface area contributed by atoms with E-state index < -0.39 is 11.3 Å². The zero-order chi connectivity index (χ0) is 21.5. The number of hydrogen-bond acceptors (Lipinski definition) is 6. The topological polar surface area (TPSA) is 116 Å². The molecule has 0 radical (unpaired) electrons. The average Bonchev–Trinajstić information content (AvgIpc) is 3.30. The van der Waals surface area contributed by atoms with Gasteiger partial charge in [0.1, 0.15) is 22.9 Å². The molecule has 1 aliphatic rings. The van der Waals surface area contributed by atoms with Crippen LogP contribution >= 0.6 is 0 Å². The van der Waals surface area contributed by atoms with Gasteiger partial charge in [-0.25, -0.2) is 24.1 Å². The van der Waals surface area contributed by atoms with Crippen molar-refractivity contribution in [2.24, 2.45) is 0 Å². The summed E-state index contributed by atoms with van der Waals surface area (Å²) in [5, 5.41) is 10.9. The van der Waals surface area contributed by atoms with Gasteiger partial charge in [-0.05, 0) is 50.8 Å². The highest BCUT2D eigenvalue weighted by Crippen LogP contribution is 2.28. The first-order valence-electron chi connectivity index (χ1n) is 9.68. The van der Waals surface area contributed by atoms with Gasteiger partial charge >= 0.3 is 11.8 Å². The van der Waals surface area contributed by atoms with Crippen LogP contribution in [-0.2, 0) is 4.74 Å². The number of carbonyl (C=O) groups is 1. The van der Waals surface area contributed by atoms with Crippen LogP contribution in [0.1, 0.15) is 27.2 Å². The van der Waals surface area contributed by atoms with Crippen molar-refractivity contribution in [1.29, 1.82) is 0 Å². The lowest BCUT2D eigenvalue weighted by atomic mass is 10.1. The van der Waals surface area contributed by atoms with Crippen molar-refractivity contribution >= 4 is 22.7 Å². The van der Waals surface area contributed by atoms with E-state index in [1.165, 1.54) is 12.1 Å². The number of nitrogens with one attached hydrogen (secondary N) is 3. The third-order valence-corrected chi connectivity index (χ3v) is 4.72. The van der Waals surface area contributed by atoms with Crippen LogP contribution in [0.5, 0.6) is 0 Å². The smallest absolute Gasteiger partial charge is 0.410 e. The normalized spacial score (nSPS) is 16.8. The van der Waals surface area contributed by atoms with Crippen molar-refractivity contribution in [2.75, 3.05) is 18.4 Å². The highest BCUT2D eigenvalue weighted by Gasteiger charge is 2.30. The first kappa shape index (κ1) is 19.9. The second-order valence-electron chi connectivity index (χ2n) is 8.30. The number of aromatic amines is 2. The maximum absolute atomic E-state index is 13.9. The van der Waals surface area contributed by atoms with Gasteiger partial charge in [-0.3, -0.25) is 4.98 Å². The molecule has 1 aliphatic heterocycles. The Morgan fingerprint density at radius 1 is 1.33 bits per heavy atom. The Morgan fingerprint density at radius 3 is 2.83 bits per heavy atom. The minimum atomic E-state index is -0.563. The lowest BCUT2D eigenvalue weighted by Crippen LogP contribution is -2.36. The number of anilines is 1. The molecule has 1 fully saturated rings. The second-order valence-corrected chi connectivity index (χ2v) is 8.30. The molecular weight excluding hydrogens is 391 g/mol. The molecule has 9 nitrogen and oxygen atoms in total. The summed E-state index contributed by atoms with van der Waals surface area (Å²) in [6, 6.07) is 6.07. The molecule has 1 aromatic carbocycles. The average molecular weight is 414 g/mol. The number of nitrogens with zero attached hydrogens (tertiary/aromatic N) is 3. The second kappa shape index (κ2) is 7.43. The van der Waals surface area contributed by atoms with Gasteiger partial charge in [-0.2, -0.15) is 5.10 Å². The Morgan fingerprint density at radius 2 is 2.13 bits per heavy atom. The molecule has 3 aromatic rings. The summed E-state index contributed by atoms with van der Waals surface area (Å²) >= 11 is 0. The lowest BCUT2D eigenvalue weighted by molar-refractivity contribution is 0.0293. The number of H-pyrrole nitrogens is 2. The van der Waals surface area contributed by atoms with Crippen LogP contribution in [-0.4, -0.2) is 55.9 Å². The number of carbonyl (C=O) groups excluding carboxylic acids is 1. The van der Waals surface area contributed by atoms with Crippen LogP contribution in [0.25, 0.3) is 22.3 Å². The number of ether oxygens (including phenoxy) is 1. The van der Waals surface area contributed by atoms with Gasteiger partial charge in [0.15, 0.2) is 5.82 Å². The van der Waals surface area contributed by atoms with Crippen molar-refractivity contribution in [3.8, 4) is 11.5 Å². The van der Waals surface area contributed by atoms with Crippen molar-refractivity contribution in [1.82, 2.24) is 25.1 Å². The van der Waals surface area contributed by atoms with E-state index in [2.05, 4.69) is 25.5 Å². The summed E-state index contributed by atoms with van der Waals surface area (Å²) in [6.07, 6.45) is 0.333. The molecule has 4 rings (SSSR count). The molecule has 158 valence electrons. The third kappa shape index (κ3) is 4.27. The molecule has 10 heteroatoms. The van der Waals surface area contributed by atoms with Crippen LogP contribution in [0.3, 0.4) is 0 Å². The Hall–Kier alpha value is -3.43. The van der Waals surface area contributed by atoms with Crippen molar-refractivity contribution in [3.05, 3.63) is 40.6 Å². The summed E-state index contributed by atoms with van der Waals surface area (Å²) in [6.45, 7) is 6.46. The molecule has 0 aliphatic carbocycles. The number of aromatic nitrogens is 4. The van der Waals surface area contributed by atoms with Gasteiger partial charge in [0.05, 0.1) is 0 Å². The van der Waals surface area contributed by atoms with Gasteiger partial charge in [-0.1, -0.05) is 6.07 Å². The molecule has 3 heterocycles. The van der Waals surface area contributed by atoms with Crippen molar-refractivity contribution < 1.29 is 13.9 Å². The highest BCUT2D eigenvalue weighted by molar-refractivity contribution is 5.94. The minimum absolute atomic E-state index is 0.0787. The zero-order valence-corrected chi connectivity index (χ0v) is 17.0. The molecule has 0 bridgehead atoms. The summed E-state index contributed by atoms with van der Waals surface area (Å²) in [7, 11) is 0. The number of likely N-dealkylation sites (tertiary alicyclic amines) is 1. The monoisotopic (exact) mass is 414 g/mol. The number of pyridine rings is 1. The Balaban J connectivity index is 1.61. The number of hydrogen-bond donors (Lipinski definition) is 3. The van der Waals surface area contributed by atoms with Gasteiger partial charge < -0.3 is 15.0 Å². The van der Waals surface area contributed by atoms with E-state index >= 15 is 0 Å². The van der Waals surface area contributed by atoms with E-state index in [4.69, 9.17) is 4.74 Å². The maximum Gasteiger partial charge on any atom is 0.410 e. The van der Waals surface area contributed by atoms with Gasteiger partial charge in [0, 0.05) is 24.5 Å². The summed E-state index contributed by atoms with van der Waals surface area (Å²) in [5.74, 6) is 0.369. The third-order valence-electron chi connectivity index (χ3n) is 4.72. The Kier molecular flexibility index (Phi) is 4.92. The molecule has 1 saturated heterocycles. The Bertz CT molecular complexity index is 1150. The molecule has 2 aromatic heterocycles. The Labute approximate surface area is 171 Å². The van der Waals surface area contributed by atoms with Crippen molar-refractivity contribution in [2.45, 2.75) is 38.8 Å². The summed E-state index contributed by atoms with van der Waals surface area (Å²) in [5.41, 5.74) is -0.562. The maximum atomic E-state index is 13.9. The molecule has 0 spiro atoms. The lowest BCUT2D eigenvalue weighted by Gasteiger charge is -2.24. The van der Waals surface area contributed by atoms with Crippen molar-refractivity contribution in [3.63, 3.8) is 0 Å². The number of halogens is 1. The van der Waals surface area contributed by atoms with Gasteiger partial charge in [0.2, 0.25) is 0 Å². The van der Waals surface area contributed by atoms with E-state index in [0.29, 0.717) is 36.4 Å². The fourth-order valence-corrected chi connectivity index (χ4v) is 3.41. The molecule has 3 N–H and O–H groups in total. The molecule has 1 amide bonds. The summed E-state index contributed by atoms with van der Waals surface area (Å²) in [4.78, 5) is 32.5. The van der Waals surface area contributed by atoms with Crippen LogP contribution < -0.4 is 11.0 Å². The SMILES string of the molecule is CC(C)(C)OC(=O)N1CCC(Nc2nc(-c3n[nH]c(=O)[nH]3)cc3ccc(F)cc23)C1. The minimum Gasteiger partial charge on any atom is -0.444 e. The molecular formula is C20H23FN6O3. The van der Waals surface area contributed by atoms with E-state index in [9.17, 15) is 14.0 Å². The fourth-order valence-electron chi connectivity index (χ4n) is 3.41. The molecule has 0 saturated carbocycles.